The summed E-state index contributed by atoms with van der Waals surface area (Å²) in [5, 5.41) is 6.27. The van der Waals surface area contributed by atoms with Crippen molar-refractivity contribution >= 4 is 35.0 Å². The van der Waals surface area contributed by atoms with Crippen molar-refractivity contribution in [1.82, 2.24) is 10.6 Å². The monoisotopic (exact) mass is 478 g/mol. The van der Waals surface area contributed by atoms with Gasteiger partial charge in [0.1, 0.15) is 17.8 Å². The van der Waals surface area contributed by atoms with Gasteiger partial charge in [-0.2, -0.15) is 0 Å². The second kappa shape index (κ2) is 9.00. The predicted molar refractivity (Wildman–Crippen MR) is 120 cm³/mol. The van der Waals surface area contributed by atoms with Crippen LogP contribution in [0.3, 0.4) is 0 Å². The molecule has 2 aromatic rings. The van der Waals surface area contributed by atoms with Crippen molar-refractivity contribution in [3.8, 4) is 0 Å². The number of hydrogen-bond acceptors (Lipinski definition) is 5. The highest BCUT2D eigenvalue weighted by molar-refractivity contribution is 6.39. The fourth-order valence-electron chi connectivity index (χ4n) is 4.12. The molecular formula is C23H24Cl2N2O5. The smallest absolute Gasteiger partial charge is 0.254 e. The van der Waals surface area contributed by atoms with E-state index in [0.717, 1.165) is 0 Å². The van der Waals surface area contributed by atoms with Crippen LogP contribution in [0.4, 0.5) is 0 Å². The van der Waals surface area contributed by atoms with Crippen LogP contribution in [0.15, 0.2) is 48.5 Å². The van der Waals surface area contributed by atoms with E-state index in [4.69, 9.17) is 37.4 Å². The summed E-state index contributed by atoms with van der Waals surface area (Å²) >= 11 is 12.3. The molecule has 0 radical (unpaired) electrons. The lowest BCUT2D eigenvalue weighted by Gasteiger charge is -2.27. The van der Waals surface area contributed by atoms with E-state index in [9.17, 15) is 9.59 Å². The number of benzene rings is 2. The maximum Gasteiger partial charge on any atom is 0.254 e. The van der Waals surface area contributed by atoms with Crippen LogP contribution in [0.2, 0.25) is 10.0 Å². The molecule has 2 heterocycles. The summed E-state index contributed by atoms with van der Waals surface area (Å²) in [7, 11) is 0. The zero-order valence-electron chi connectivity index (χ0n) is 17.7. The van der Waals surface area contributed by atoms with Crippen LogP contribution in [0.25, 0.3) is 0 Å². The molecule has 2 N–H and O–H groups in total. The minimum atomic E-state index is -0.870. The fourth-order valence-corrected chi connectivity index (χ4v) is 4.69. The van der Waals surface area contributed by atoms with E-state index in [1.54, 1.807) is 42.5 Å². The maximum atomic E-state index is 12.6. The van der Waals surface area contributed by atoms with Gasteiger partial charge in [0.2, 0.25) is 0 Å². The molecule has 0 bridgehead atoms. The second-order valence-corrected chi connectivity index (χ2v) is 9.12. The number of carbonyl (C=O) groups is 2. The zero-order valence-corrected chi connectivity index (χ0v) is 19.2. The molecule has 0 unspecified atom stereocenters. The molecule has 2 saturated heterocycles. The summed E-state index contributed by atoms with van der Waals surface area (Å²) in [5.41, 5.74) is -0.108. The van der Waals surface area contributed by atoms with Crippen LogP contribution in [-0.2, 0) is 14.2 Å². The van der Waals surface area contributed by atoms with Gasteiger partial charge in [0, 0.05) is 12.1 Å². The van der Waals surface area contributed by atoms with Crippen LogP contribution in [0.1, 0.15) is 34.6 Å². The average molecular weight is 479 g/mol. The quantitative estimate of drug-likeness (QED) is 0.663. The van der Waals surface area contributed by atoms with Crippen molar-refractivity contribution in [2.75, 3.05) is 19.7 Å². The number of nitrogens with one attached hydrogen (secondary N) is 2. The lowest BCUT2D eigenvalue weighted by molar-refractivity contribution is -0.188. The van der Waals surface area contributed by atoms with Crippen LogP contribution < -0.4 is 10.6 Å². The van der Waals surface area contributed by atoms with E-state index in [0.29, 0.717) is 5.56 Å². The first-order valence-corrected chi connectivity index (χ1v) is 11.0. The molecule has 0 aliphatic carbocycles. The Morgan fingerprint density at radius 1 is 1.00 bits per heavy atom. The Labute approximate surface area is 196 Å². The molecule has 2 aromatic carbocycles. The normalized spacial score (nSPS) is 25.9. The summed E-state index contributed by atoms with van der Waals surface area (Å²) in [4.78, 5) is 25.2. The largest absolute Gasteiger partial charge is 0.370 e. The Balaban J connectivity index is 1.43. The molecule has 4 rings (SSSR count). The van der Waals surface area contributed by atoms with E-state index in [2.05, 4.69) is 10.6 Å². The molecule has 0 spiro atoms. The lowest BCUT2D eigenvalue weighted by Crippen LogP contribution is -2.52. The van der Waals surface area contributed by atoms with Gasteiger partial charge < -0.3 is 24.8 Å². The van der Waals surface area contributed by atoms with Crippen molar-refractivity contribution in [1.29, 1.82) is 0 Å². The first-order valence-electron chi connectivity index (χ1n) is 10.3. The first-order chi connectivity index (χ1) is 15.2. The number of carbonyl (C=O) groups excluding carboxylic acids is 2. The van der Waals surface area contributed by atoms with E-state index in [1.165, 1.54) is 0 Å². The molecule has 3 atom stereocenters. The molecule has 32 heavy (non-hydrogen) atoms. The van der Waals surface area contributed by atoms with Gasteiger partial charge in [-0.1, -0.05) is 47.5 Å². The molecular weight excluding hydrogens is 455 g/mol. The highest BCUT2D eigenvalue weighted by Gasteiger charge is 2.61. The molecule has 0 saturated carbocycles. The van der Waals surface area contributed by atoms with Crippen molar-refractivity contribution in [3.05, 3.63) is 69.7 Å². The number of hydrogen-bond donors (Lipinski definition) is 2. The minimum Gasteiger partial charge on any atom is -0.370 e. The summed E-state index contributed by atoms with van der Waals surface area (Å²) in [6.07, 6.45) is -0.966. The van der Waals surface area contributed by atoms with E-state index in [-0.39, 0.29) is 41.2 Å². The number of fused-ring (bicyclic) bond motifs is 1. The lowest BCUT2D eigenvalue weighted by atomic mass is 9.96. The Kier molecular flexibility index (Phi) is 6.47. The third-order valence-corrected chi connectivity index (χ3v) is 6.13. The molecule has 2 fully saturated rings. The van der Waals surface area contributed by atoms with Gasteiger partial charge in [-0.25, -0.2) is 0 Å². The molecule has 2 aliphatic heterocycles. The fraction of sp³-hybridized carbons (Fsp3) is 0.391. The number of rotatable bonds is 6. The minimum absolute atomic E-state index is 0.166. The Hall–Kier alpha value is -2.16. The standard InChI is InChI=1S/C23H24Cl2N2O5/c1-22(2)31-19-17(11-26-21(29)18-15(24)9-6-10-16(18)25)30-13-23(19,32-22)12-27-20(28)14-7-4-3-5-8-14/h3-10,17,19H,11-13H2,1-2H3,(H,26,29)(H,27,28)/t17-,19-,23+/m1/s1. The number of amides is 2. The van der Waals surface area contributed by atoms with Gasteiger partial charge in [-0.05, 0) is 38.1 Å². The Morgan fingerprint density at radius 2 is 1.69 bits per heavy atom. The average Bonchev–Trinajstić information content (AvgIpc) is 3.21. The van der Waals surface area contributed by atoms with E-state index in [1.807, 2.05) is 19.9 Å². The topological polar surface area (TPSA) is 85.9 Å². The highest BCUT2D eigenvalue weighted by Crippen LogP contribution is 2.43. The van der Waals surface area contributed by atoms with Gasteiger partial charge in [0.15, 0.2) is 5.79 Å². The zero-order chi connectivity index (χ0) is 22.9. The molecule has 7 nitrogen and oxygen atoms in total. The molecule has 2 amide bonds. The van der Waals surface area contributed by atoms with Gasteiger partial charge in [-0.15, -0.1) is 0 Å². The van der Waals surface area contributed by atoms with Gasteiger partial charge in [0.05, 0.1) is 28.8 Å². The third kappa shape index (κ3) is 4.63. The molecule has 0 aromatic heterocycles. The van der Waals surface area contributed by atoms with Crippen LogP contribution in [0.5, 0.6) is 0 Å². The predicted octanol–water partition coefficient (Wildman–Crippen LogP) is 3.44. The summed E-state index contributed by atoms with van der Waals surface area (Å²) in [6, 6.07) is 13.8. The van der Waals surface area contributed by atoms with Crippen LogP contribution >= 0.6 is 23.2 Å². The van der Waals surface area contributed by atoms with Crippen molar-refractivity contribution in [2.24, 2.45) is 0 Å². The Bertz CT molecular complexity index is 996. The first kappa shape index (κ1) is 23.0. The van der Waals surface area contributed by atoms with Crippen LogP contribution in [-0.4, -0.2) is 55.1 Å². The number of ether oxygens (including phenoxy) is 3. The molecule has 9 heteroatoms. The van der Waals surface area contributed by atoms with Crippen LogP contribution in [0, 0.1) is 0 Å². The summed E-state index contributed by atoms with van der Waals surface area (Å²) in [6.45, 7) is 4.20. The second-order valence-electron chi connectivity index (χ2n) is 8.31. The Morgan fingerprint density at radius 3 is 2.38 bits per heavy atom. The van der Waals surface area contributed by atoms with Crippen molar-refractivity contribution < 1.29 is 23.8 Å². The van der Waals surface area contributed by atoms with Gasteiger partial charge >= 0.3 is 0 Å². The molecule has 2 aliphatic rings. The SMILES string of the molecule is CC1(C)O[C@@H]2[C@@H](CNC(=O)c3c(Cl)cccc3Cl)OC[C@]2(CNC(=O)c2ccccc2)O1. The summed E-state index contributed by atoms with van der Waals surface area (Å²) < 4.78 is 18.2. The van der Waals surface area contributed by atoms with E-state index >= 15 is 0 Å². The maximum absolute atomic E-state index is 12.6. The van der Waals surface area contributed by atoms with E-state index < -0.39 is 29.5 Å². The third-order valence-electron chi connectivity index (χ3n) is 5.50. The number of halogens is 2. The summed E-state index contributed by atoms with van der Waals surface area (Å²) in [5.74, 6) is -1.48. The van der Waals surface area contributed by atoms with Crippen molar-refractivity contribution in [3.63, 3.8) is 0 Å². The van der Waals surface area contributed by atoms with Gasteiger partial charge in [-0.3, -0.25) is 9.59 Å². The van der Waals surface area contributed by atoms with Crippen molar-refractivity contribution in [2.45, 2.75) is 37.4 Å². The highest BCUT2D eigenvalue weighted by atomic mass is 35.5. The van der Waals surface area contributed by atoms with Gasteiger partial charge in [0.25, 0.3) is 11.8 Å². The molecule has 170 valence electrons.